The maximum absolute atomic E-state index is 12.1. The van der Waals surface area contributed by atoms with Gasteiger partial charge in [-0.3, -0.25) is 4.79 Å². The fourth-order valence-electron chi connectivity index (χ4n) is 2.25. The first kappa shape index (κ1) is 17.4. The van der Waals surface area contributed by atoms with E-state index < -0.39 is 10.0 Å². The van der Waals surface area contributed by atoms with Gasteiger partial charge in [0.25, 0.3) is 0 Å². The van der Waals surface area contributed by atoms with E-state index in [-0.39, 0.29) is 11.8 Å². The van der Waals surface area contributed by atoms with Crippen LogP contribution in [0.3, 0.4) is 0 Å². The number of carbonyl (C=O) groups excluding carboxylic acids is 1. The van der Waals surface area contributed by atoms with Crippen LogP contribution in [0.5, 0.6) is 0 Å². The van der Waals surface area contributed by atoms with Crippen molar-refractivity contribution < 1.29 is 13.2 Å². The first-order valence-electron chi connectivity index (χ1n) is 7.27. The molecule has 0 radical (unpaired) electrons. The van der Waals surface area contributed by atoms with Gasteiger partial charge < -0.3 is 10.2 Å². The molecule has 1 aliphatic rings. The molecule has 1 heterocycles. The van der Waals surface area contributed by atoms with Crippen LogP contribution in [0.4, 0.5) is 0 Å². The summed E-state index contributed by atoms with van der Waals surface area (Å²) in [5.41, 5.74) is 0. The predicted octanol–water partition coefficient (Wildman–Crippen LogP) is 0.162. The van der Waals surface area contributed by atoms with Gasteiger partial charge in [-0.2, -0.15) is 0 Å². The van der Waals surface area contributed by atoms with Crippen molar-refractivity contribution >= 4 is 15.9 Å². The standard InChI is InChI=1S/C13H27N3O3S/c1-4-11(2)14-9-13(17)16-7-5-6-12(10-16)8-15-20(3,18)19/h11-12,14-15H,4-10H2,1-3H3. The molecular formula is C13H27N3O3S. The molecule has 1 fully saturated rings. The maximum atomic E-state index is 12.1. The van der Waals surface area contributed by atoms with Crippen molar-refractivity contribution in [1.82, 2.24) is 14.9 Å². The van der Waals surface area contributed by atoms with E-state index >= 15 is 0 Å². The molecule has 0 bridgehead atoms. The lowest BCUT2D eigenvalue weighted by molar-refractivity contribution is -0.132. The molecule has 0 aliphatic carbocycles. The molecule has 1 rings (SSSR count). The van der Waals surface area contributed by atoms with Crippen molar-refractivity contribution in [3.63, 3.8) is 0 Å². The van der Waals surface area contributed by atoms with Gasteiger partial charge in [-0.05, 0) is 32.1 Å². The van der Waals surface area contributed by atoms with E-state index in [4.69, 9.17) is 0 Å². The molecule has 2 atom stereocenters. The molecule has 0 aromatic carbocycles. The van der Waals surface area contributed by atoms with Crippen molar-refractivity contribution in [1.29, 1.82) is 0 Å². The highest BCUT2D eigenvalue weighted by atomic mass is 32.2. The zero-order chi connectivity index (χ0) is 15.2. The van der Waals surface area contributed by atoms with E-state index in [0.29, 0.717) is 25.7 Å². The van der Waals surface area contributed by atoms with Crippen LogP contribution in [0, 0.1) is 5.92 Å². The van der Waals surface area contributed by atoms with E-state index in [2.05, 4.69) is 23.9 Å². The van der Waals surface area contributed by atoms with E-state index in [1.807, 2.05) is 4.90 Å². The van der Waals surface area contributed by atoms with Gasteiger partial charge in [0.05, 0.1) is 12.8 Å². The Hall–Kier alpha value is -0.660. The molecule has 1 amide bonds. The van der Waals surface area contributed by atoms with Crippen molar-refractivity contribution in [2.75, 3.05) is 32.4 Å². The van der Waals surface area contributed by atoms with Crippen molar-refractivity contribution in [2.24, 2.45) is 5.92 Å². The van der Waals surface area contributed by atoms with Crippen molar-refractivity contribution in [3.05, 3.63) is 0 Å². The number of rotatable bonds is 7. The van der Waals surface area contributed by atoms with Crippen LogP contribution in [-0.2, 0) is 14.8 Å². The lowest BCUT2D eigenvalue weighted by Gasteiger charge is -2.33. The first-order chi connectivity index (χ1) is 9.31. The molecule has 0 aromatic rings. The number of nitrogens with zero attached hydrogens (tertiary/aromatic N) is 1. The second kappa shape index (κ2) is 7.95. The Kier molecular flexibility index (Phi) is 6.91. The highest BCUT2D eigenvalue weighted by Gasteiger charge is 2.24. The molecule has 2 N–H and O–H groups in total. The number of likely N-dealkylation sites (tertiary alicyclic amines) is 1. The quantitative estimate of drug-likeness (QED) is 0.702. The SMILES string of the molecule is CCC(C)NCC(=O)N1CCCC(CNS(C)(=O)=O)C1. The summed E-state index contributed by atoms with van der Waals surface area (Å²) in [5.74, 6) is 0.320. The number of hydrogen-bond donors (Lipinski definition) is 2. The Morgan fingerprint density at radius 3 is 2.75 bits per heavy atom. The zero-order valence-corrected chi connectivity index (χ0v) is 13.5. The topological polar surface area (TPSA) is 78.5 Å². The third kappa shape index (κ3) is 6.67. The summed E-state index contributed by atoms with van der Waals surface area (Å²) >= 11 is 0. The Balaban J connectivity index is 2.38. The Labute approximate surface area is 122 Å². The first-order valence-corrected chi connectivity index (χ1v) is 9.16. The number of sulfonamides is 1. The normalized spacial score (nSPS) is 21.8. The van der Waals surface area contributed by atoms with Crippen LogP contribution in [0.25, 0.3) is 0 Å². The monoisotopic (exact) mass is 305 g/mol. The molecule has 0 saturated carbocycles. The molecule has 0 aromatic heterocycles. The van der Waals surface area contributed by atoms with Gasteiger partial charge in [-0.1, -0.05) is 6.92 Å². The number of hydrogen-bond acceptors (Lipinski definition) is 4. The summed E-state index contributed by atoms with van der Waals surface area (Å²) in [6.07, 6.45) is 4.05. The van der Waals surface area contributed by atoms with Crippen LogP contribution < -0.4 is 10.0 Å². The molecule has 6 nitrogen and oxygen atoms in total. The smallest absolute Gasteiger partial charge is 0.236 e. The summed E-state index contributed by atoms with van der Waals surface area (Å²) in [4.78, 5) is 13.9. The summed E-state index contributed by atoms with van der Waals surface area (Å²) in [7, 11) is -3.15. The largest absolute Gasteiger partial charge is 0.341 e. The van der Waals surface area contributed by atoms with Gasteiger partial charge in [0, 0.05) is 25.7 Å². The third-order valence-corrected chi connectivity index (χ3v) is 4.41. The minimum Gasteiger partial charge on any atom is -0.341 e. The molecular weight excluding hydrogens is 278 g/mol. The zero-order valence-electron chi connectivity index (χ0n) is 12.7. The summed E-state index contributed by atoms with van der Waals surface area (Å²) in [5, 5.41) is 3.20. The molecule has 118 valence electrons. The lowest BCUT2D eigenvalue weighted by Crippen LogP contribution is -2.47. The van der Waals surface area contributed by atoms with E-state index in [1.165, 1.54) is 0 Å². The number of amides is 1. The van der Waals surface area contributed by atoms with Crippen LogP contribution in [0.2, 0.25) is 0 Å². The fourth-order valence-corrected chi connectivity index (χ4v) is 2.78. The molecule has 2 unspecified atom stereocenters. The summed E-state index contributed by atoms with van der Waals surface area (Å²) < 4.78 is 24.7. The van der Waals surface area contributed by atoms with E-state index in [0.717, 1.165) is 32.1 Å². The maximum Gasteiger partial charge on any atom is 0.236 e. The molecule has 1 aliphatic heterocycles. The molecule has 0 spiro atoms. The van der Waals surface area contributed by atoms with Crippen LogP contribution >= 0.6 is 0 Å². The number of piperidine rings is 1. The van der Waals surface area contributed by atoms with Gasteiger partial charge in [-0.25, -0.2) is 13.1 Å². The summed E-state index contributed by atoms with van der Waals surface area (Å²) in [6, 6.07) is 0.339. The van der Waals surface area contributed by atoms with Crippen LogP contribution in [0.15, 0.2) is 0 Å². The second-order valence-corrected chi connectivity index (χ2v) is 7.49. The van der Waals surface area contributed by atoms with Crippen LogP contribution in [0.1, 0.15) is 33.1 Å². The molecule has 7 heteroatoms. The third-order valence-electron chi connectivity index (χ3n) is 3.72. The van der Waals surface area contributed by atoms with Crippen molar-refractivity contribution in [3.8, 4) is 0 Å². The highest BCUT2D eigenvalue weighted by Crippen LogP contribution is 2.15. The lowest BCUT2D eigenvalue weighted by atomic mass is 9.98. The van der Waals surface area contributed by atoms with E-state index in [9.17, 15) is 13.2 Å². The van der Waals surface area contributed by atoms with Gasteiger partial charge >= 0.3 is 0 Å². The van der Waals surface area contributed by atoms with Gasteiger partial charge in [0.2, 0.25) is 15.9 Å². The minimum atomic E-state index is -3.15. The Morgan fingerprint density at radius 1 is 1.45 bits per heavy atom. The van der Waals surface area contributed by atoms with Crippen LogP contribution in [-0.4, -0.2) is 57.7 Å². The van der Waals surface area contributed by atoms with Gasteiger partial charge in [-0.15, -0.1) is 0 Å². The summed E-state index contributed by atoms with van der Waals surface area (Å²) in [6.45, 7) is 6.33. The number of nitrogens with one attached hydrogen (secondary N) is 2. The van der Waals surface area contributed by atoms with Gasteiger partial charge in [0.15, 0.2) is 0 Å². The average molecular weight is 305 g/mol. The number of carbonyl (C=O) groups is 1. The Morgan fingerprint density at radius 2 is 2.15 bits per heavy atom. The van der Waals surface area contributed by atoms with Crippen molar-refractivity contribution in [2.45, 2.75) is 39.2 Å². The predicted molar refractivity (Wildman–Crippen MR) is 79.9 cm³/mol. The molecule has 1 saturated heterocycles. The highest BCUT2D eigenvalue weighted by molar-refractivity contribution is 7.88. The second-order valence-electron chi connectivity index (χ2n) is 5.66. The van der Waals surface area contributed by atoms with Gasteiger partial charge in [0.1, 0.15) is 0 Å². The van der Waals surface area contributed by atoms with E-state index in [1.54, 1.807) is 0 Å². The fraction of sp³-hybridized carbons (Fsp3) is 0.923. The molecule has 20 heavy (non-hydrogen) atoms. The Bertz CT molecular complexity index is 411. The average Bonchev–Trinajstić information content (AvgIpc) is 2.41. The minimum absolute atomic E-state index is 0.106.